The Hall–Kier alpha value is -6.35. The van der Waals surface area contributed by atoms with E-state index in [4.69, 9.17) is 9.97 Å². The van der Waals surface area contributed by atoms with Gasteiger partial charge in [0.1, 0.15) is 11.6 Å². The van der Waals surface area contributed by atoms with Crippen molar-refractivity contribution in [3.8, 4) is 78.6 Å². The van der Waals surface area contributed by atoms with E-state index in [1.54, 1.807) is 6.07 Å². The van der Waals surface area contributed by atoms with Gasteiger partial charge in [-0.3, -0.25) is 9.55 Å². The SMILES string of the molecule is CC(C)Cc1cc(-n2c(-c3ccccc3O)nc3c(-c4[c-]c(-c5cc(-c6ccc(-c7ccccc7)cc6)ccn5)cc(C(C)(C)C)c4)cccc32)ccc1-c1ccccc1.[Pt]. The topological polar surface area (TPSA) is 50.9 Å². The predicted octanol–water partition coefficient (Wildman–Crippen LogP) is 14.4. The van der Waals surface area contributed by atoms with Crippen LogP contribution in [0.2, 0.25) is 0 Å². The molecule has 7 aromatic carbocycles. The molecule has 61 heavy (non-hydrogen) atoms. The molecule has 0 bridgehead atoms. The quantitative estimate of drug-likeness (QED) is 0.147. The first-order valence-electron chi connectivity index (χ1n) is 20.8. The Morgan fingerprint density at radius 2 is 1.21 bits per heavy atom. The van der Waals surface area contributed by atoms with Gasteiger partial charge in [-0.2, -0.15) is 0 Å². The monoisotopic (exact) mass is 973 g/mol. The maximum absolute atomic E-state index is 11.3. The van der Waals surface area contributed by atoms with Gasteiger partial charge in [-0.15, -0.1) is 29.3 Å². The molecule has 0 amide bonds. The van der Waals surface area contributed by atoms with Crippen molar-refractivity contribution in [2.45, 2.75) is 46.5 Å². The molecule has 0 aliphatic heterocycles. The molecule has 2 heterocycles. The fourth-order valence-corrected chi connectivity index (χ4v) is 8.18. The molecule has 9 aromatic rings. The third-order valence-corrected chi connectivity index (χ3v) is 11.3. The number of pyridine rings is 1. The summed E-state index contributed by atoms with van der Waals surface area (Å²) in [7, 11) is 0. The number of rotatable bonds is 9. The van der Waals surface area contributed by atoms with Crippen molar-refractivity contribution in [2.75, 3.05) is 0 Å². The van der Waals surface area contributed by atoms with Crippen LogP contribution in [-0.4, -0.2) is 19.6 Å². The summed E-state index contributed by atoms with van der Waals surface area (Å²) in [6.45, 7) is 11.3. The number of nitrogens with zero attached hydrogens (tertiary/aromatic N) is 3. The van der Waals surface area contributed by atoms with Crippen molar-refractivity contribution >= 4 is 11.0 Å². The van der Waals surface area contributed by atoms with E-state index < -0.39 is 0 Å². The van der Waals surface area contributed by atoms with Crippen molar-refractivity contribution < 1.29 is 26.2 Å². The Kier molecular flexibility index (Phi) is 11.8. The van der Waals surface area contributed by atoms with Crippen molar-refractivity contribution in [1.82, 2.24) is 14.5 Å². The summed E-state index contributed by atoms with van der Waals surface area (Å²) in [4.78, 5) is 10.3. The average Bonchev–Trinajstić information content (AvgIpc) is 3.66. The van der Waals surface area contributed by atoms with Crippen LogP contribution in [0.25, 0.3) is 83.9 Å². The van der Waals surface area contributed by atoms with Gasteiger partial charge >= 0.3 is 0 Å². The van der Waals surface area contributed by atoms with E-state index in [9.17, 15) is 5.11 Å². The van der Waals surface area contributed by atoms with Crippen LogP contribution < -0.4 is 0 Å². The molecule has 0 unspecified atom stereocenters. The number of aromatic nitrogens is 3. The molecule has 0 radical (unpaired) electrons. The Balaban J connectivity index is 0.00000514. The summed E-state index contributed by atoms with van der Waals surface area (Å²) in [5.41, 5.74) is 16.5. The Bertz CT molecular complexity index is 2960. The molecule has 0 aliphatic carbocycles. The number of para-hydroxylation sites is 2. The summed E-state index contributed by atoms with van der Waals surface area (Å²) in [5.74, 6) is 1.32. The minimum absolute atomic E-state index is 0. The van der Waals surface area contributed by atoms with Crippen molar-refractivity contribution in [3.63, 3.8) is 0 Å². The van der Waals surface area contributed by atoms with E-state index in [0.717, 1.165) is 56.7 Å². The number of hydrogen-bond donors (Lipinski definition) is 1. The van der Waals surface area contributed by atoms with E-state index >= 15 is 0 Å². The number of fused-ring (bicyclic) bond motifs is 1. The van der Waals surface area contributed by atoms with Gasteiger partial charge in [0.2, 0.25) is 0 Å². The van der Waals surface area contributed by atoms with Crippen LogP contribution in [0.4, 0.5) is 0 Å². The molecule has 1 N–H and O–H groups in total. The van der Waals surface area contributed by atoms with Gasteiger partial charge in [0.25, 0.3) is 0 Å². The standard InChI is InChI=1S/C56H48N3O.Pt/c1-37(2)31-43-35-47(27-28-48(43)41-17-10-7-11-18-41)59-52-21-14-20-49(54(52)58-55(59)50-19-12-13-22-53(50)60)44-32-45(34-46(33-44)56(3,4)5)51-36-42(29-30-57-51)40-25-23-39(24-26-40)38-15-8-6-9-16-38;/h6-30,33-37,60H,31H2,1-5H3;/q-1;. The van der Waals surface area contributed by atoms with Gasteiger partial charge in [-0.1, -0.05) is 167 Å². The largest absolute Gasteiger partial charge is 0.507 e. The predicted molar refractivity (Wildman–Crippen MR) is 249 cm³/mol. The van der Waals surface area contributed by atoms with Crippen molar-refractivity contribution in [2.24, 2.45) is 5.92 Å². The number of benzene rings is 7. The summed E-state index contributed by atoms with van der Waals surface area (Å²) >= 11 is 0. The minimum Gasteiger partial charge on any atom is -0.507 e. The Labute approximate surface area is 373 Å². The van der Waals surface area contributed by atoms with Crippen molar-refractivity contribution in [1.29, 1.82) is 0 Å². The number of phenolic OH excluding ortho intramolecular Hbond substituents is 1. The van der Waals surface area contributed by atoms with Gasteiger partial charge in [0.15, 0.2) is 0 Å². The summed E-state index contributed by atoms with van der Waals surface area (Å²) in [5, 5.41) is 11.3. The molecule has 0 aliphatic rings. The summed E-state index contributed by atoms with van der Waals surface area (Å²) in [6, 6.07) is 62.9. The molecule has 9 rings (SSSR count). The molecule has 0 atom stereocenters. The van der Waals surface area contributed by atoms with Gasteiger partial charge in [0.05, 0.1) is 16.6 Å². The molecule has 0 fully saturated rings. The molecule has 4 nitrogen and oxygen atoms in total. The second-order valence-electron chi connectivity index (χ2n) is 17.1. The first-order chi connectivity index (χ1) is 29.1. The number of phenols is 1. The normalized spacial score (nSPS) is 11.5. The fourth-order valence-electron chi connectivity index (χ4n) is 8.18. The zero-order valence-corrected chi connectivity index (χ0v) is 37.4. The molecule has 0 spiro atoms. The van der Waals surface area contributed by atoms with E-state index in [-0.39, 0.29) is 32.2 Å². The summed E-state index contributed by atoms with van der Waals surface area (Å²) < 4.78 is 2.20. The van der Waals surface area contributed by atoms with E-state index in [0.29, 0.717) is 17.3 Å². The van der Waals surface area contributed by atoms with Crippen LogP contribution in [0, 0.1) is 12.0 Å². The number of hydrogen-bond acceptors (Lipinski definition) is 3. The third kappa shape index (κ3) is 8.51. The number of imidazole rings is 1. The fraction of sp³-hybridized carbons (Fsp3) is 0.143. The summed E-state index contributed by atoms with van der Waals surface area (Å²) in [6.07, 6.45) is 2.82. The first-order valence-corrected chi connectivity index (χ1v) is 20.8. The van der Waals surface area contributed by atoms with Crippen LogP contribution in [0.3, 0.4) is 0 Å². The third-order valence-electron chi connectivity index (χ3n) is 11.3. The maximum atomic E-state index is 11.3. The molecular formula is C56H48N3OPt-. The van der Waals surface area contributed by atoms with Crippen LogP contribution in [0.5, 0.6) is 5.75 Å². The van der Waals surface area contributed by atoms with E-state index in [1.807, 2.05) is 30.5 Å². The second-order valence-corrected chi connectivity index (χ2v) is 17.1. The van der Waals surface area contributed by atoms with Crippen LogP contribution in [-0.2, 0) is 32.9 Å². The van der Waals surface area contributed by atoms with Gasteiger partial charge in [-0.25, -0.2) is 4.98 Å². The zero-order valence-electron chi connectivity index (χ0n) is 35.1. The van der Waals surface area contributed by atoms with Crippen LogP contribution >= 0.6 is 0 Å². The molecule has 0 saturated heterocycles. The second kappa shape index (κ2) is 17.3. The van der Waals surface area contributed by atoms with Crippen LogP contribution in [0.1, 0.15) is 45.7 Å². The molecule has 2 aromatic heterocycles. The molecule has 304 valence electrons. The number of aromatic hydroxyl groups is 1. The van der Waals surface area contributed by atoms with Crippen LogP contribution in [0.15, 0.2) is 176 Å². The molecule has 5 heteroatoms. The van der Waals surface area contributed by atoms with Gasteiger partial charge in [0, 0.05) is 38.6 Å². The van der Waals surface area contributed by atoms with Gasteiger partial charge in [-0.05, 0) is 93.1 Å². The average molecular weight is 974 g/mol. The van der Waals surface area contributed by atoms with E-state index in [2.05, 4.69) is 185 Å². The van der Waals surface area contributed by atoms with Gasteiger partial charge < -0.3 is 5.11 Å². The first kappa shape index (κ1) is 41.4. The minimum atomic E-state index is -0.148. The van der Waals surface area contributed by atoms with E-state index in [1.165, 1.54) is 33.4 Å². The zero-order chi connectivity index (χ0) is 41.4. The molecule has 0 saturated carbocycles. The Morgan fingerprint density at radius 3 is 1.90 bits per heavy atom. The maximum Gasteiger partial charge on any atom is 0.148 e. The Morgan fingerprint density at radius 1 is 0.590 bits per heavy atom. The van der Waals surface area contributed by atoms with Crippen molar-refractivity contribution in [3.05, 3.63) is 193 Å². The smallest absolute Gasteiger partial charge is 0.148 e. The molecular weight excluding hydrogens is 926 g/mol.